The van der Waals surface area contributed by atoms with E-state index in [1.165, 1.54) is 6.07 Å². The molecule has 110 valence electrons. The summed E-state index contributed by atoms with van der Waals surface area (Å²) < 4.78 is 0. The lowest BCUT2D eigenvalue weighted by Gasteiger charge is -2.18. The van der Waals surface area contributed by atoms with Crippen molar-refractivity contribution in [2.75, 3.05) is 13.1 Å². The van der Waals surface area contributed by atoms with Crippen LogP contribution in [0.2, 0.25) is 5.15 Å². The van der Waals surface area contributed by atoms with Crippen LogP contribution < -0.4 is 16.4 Å². The van der Waals surface area contributed by atoms with Crippen LogP contribution in [0, 0.1) is 0 Å². The van der Waals surface area contributed by atoms with Gasteiger partial charge in [0.05, 0.1) is 0 Å². The molecule has 0 radical (unpaired) electrons. The normalized spacial score (nSPS) is 11.0. The summed E-state index contributed by atoms with van der Waals surface area (Å²) in [5.74, 6) is -0.272. The van der Waals surface area contributed by atoms with Gasteiger partial charge in [0, 0.05) is 29.8 Å². The first kappa shape index (κ1) is 16.2. The summed E-state index contributed by atoms with van der Waals surface area (Å²) in [4.78, 5) is 26.7. The number of aromatic nitrogens is 1. The summed E-state index contributed by atoms with van der Waals surface area (Å²) in [6, 6.07) is 2.59. The highest BCUT2D eigenvalue weighted by Gasteiger charge is 2.18. The molecule has 0 aliphatic rings. The number of pyridine rings is 1. The SMILES string of the molecule is CC(C)(C)c1cc(C(=O)NCCNC(N)=O)cc(Cl)n1. The highest BCUT2D eigenvalue weighted by Crippen LogP contribution is 2.23. The highest BCUT2D eigenvalue weighted by atomic mass is 35.5. The van der Waals surface area contributed by atoms with Crippen molar-refractivity contribution >= 4 is 23.5 Å². The first-order valence-corrected chi connectivity index (χ1v) is 6.57. The van der Waals surface area contributed by atoms with Gasteiger partial charge in [-0.1, -0.05) is 32.4 Å². The molecule has 0 saturated heterocycles. The van der Waals surface area contributed by atoms with Crippen molar-refractivity contribution in [3.63, 3.8) is 0 Å². The molecule has 1 aromatic heterocycles. The van der Waals surface area contributed by atoms with Crippen LogP contribution in [0.1, 0.15) is 36.8 Å². The Morgan fingerprint density at radius 2 is 1.85 bits per heavy atom. The molecule has 0 saturated carbocycles. The van der Waals surface area contributed by atoms with Gasteiger partial charge in [-0.3, -0.25) is 4.79 Å². The zero-order chi connectivity index (χ0) is 15.3. The highest BCUT2D eigenvalue weighted by molar-refractivity contribution is 6.29. The Morgan fingerprint density at radius 1 is 1.25 bits per heavy atom. The Balaban J connectivity index is 2.73. The molecular weight excluding hydrogens is 280 g/mol. The van der Waals surface area contributed by atoms with Crippen LogP contribution in [0.4, 0.5) is 4.79 Å². The van der Waals surface area contributed by atoms with E-state index in [4.69, 9.17) is 17.3 Å². The summed E-state index contributed by atoms with van der Waals surface area (Å²) in [7, 11) is 0. The largest absolute Gasteiger partial charge is 0.352 e. The second kappa shape index (κ2) is 6.56. The molecule has 1 rings (SSSR count). The van der Waals surface area contributed by atoms with Crippen LogP contribution in [0.5, 0.6) is 0 Å². The van der Waals surface area contributed by atoms with Crippen LogP contribution in [-0.4, -0.2) is 30.0 Å². The molecule has 20 heavy (non-hydrogen) atoms. The number of rotatable bonds is 4. The summed E-state index contributed by atoms with van der Waals surface area (Å²) in [5.41, 5.74) is 5.90. The molecule has 7 heteroatoms. The summed E-state index contributed by atoms with van der Waals surface area (Å²) >= 11 is 5.94. The first-order chi connectivity index (χ1) is 9.20. The van der Waals surface area contributed by atoms with Gasteiger partial charge in [0.1, 0.15) is 5.15 Å². The molecule has 3 amide bonds. The molecule has 0 aliphatic heterocycles. The van der Waals surface area contributed by atoms with Gasteiger partial charge in [-0.15, -0.1) is 0 Å². The number of halogens is 1. The zero-order valence-corrected chi connectivity index (χ0v) is 12.5. The van der Waals surface area contributed by atoms with E-state index in [2.05, 4.69) is 15.6 Å². The molecule has 0 aliphatic carbocycles. The molecule has 0 bridgehead atoms. The third-order valence-electron chi connectivity index (χ3n) is 2.53. The van der Waals surface area contributed by atoms with Crippen molar-refractivity contribution in [2.45, 2.75) is 26.2 Å². The number of amides is 3. The van der Waals surface area contributed by atoms with Gasteiger partial charge in [-0.2, -0.15) is 0 Å². The fraction of sp³-hybridized carbons (Fsp3) is 0.462. The number of carbonyl (C=O) groups is 2. The van der Waals surface area contributed by atoms with Gasteiger partial charge in [0.15, 0.2) is 0 Å². The topological polar surface area (TPSA) is 97.1 Å². The first-order valence-electron chi connectivity index (χ1n) is 6.19. The fourth-order valence-electron chi connectivity index (χ4n) is 1.48. The van der Waals surface area contributed by atoms with Crippen LogP contribution in [-0.2, 0) is 5.41 Å². The second-order valence-corrected chi connectivity index (χ2v) is 5.75. The van der Waals surface area contributed by atoms with E-state index in [9.17, 15) is 9.59 Å². The van der Waals surface area contributed by atoms with Crippen LogP contribution in [0.3, 0.4) is 0 Å². The van der Waals surface area contributed by atoms with Gasteiger partial charge in [0.25, 0.3) is 5.91 Å². The van der Waals surface area contributed by atoms with E-state index < -0.39 is 6.03 Å². The molecule has 1 heterocycles. The Labute approximate surface area is 123 Å². The molecule has 6 nitrogen and oxygen atoms in total. The number of urea groups is 1. The van der Waals surface area contributed by atoms with Gasteiger partial charge in [-0.05, 0) is 12.1 Å². The molecule has 0 atom stereocenters. The molecule has 0 aromatic carbocycles. The molecule has 1 aromatic rings. The third kappa shape index (κ3) is 5.05. The lowest BCUT2D eigenvalue weighted by molar-refractivity contribution is 0.0953. The van der Waals surface area contributed by atoms with Crippen molar-refractivity contribution in [1.82, 2.24) is 15.6 Å². The Morgan fingerprint density at radius 3 is 2.40 bits per heavy atom. The van der Waals surface area contributed by atoms with Crippen molar-refractivity contribution in [1.29, 1.82) is 0 Å². The van der Waals surface area contributed by atoms with Gasteiger partial charge < -0.3 is 16.4 Å². The minimum absolute atomic E-state index is 0.201. The average molecular weight is 299 g/mol. The number of nitrogens with two attached hydrogens (primary N) is 1. The molecule has 0 unspecified atom stereocenters. The summed E-state index contributed by atoms with van der Waals surface area (Å²) in [5, 5.41) is 5.33. The van der Waals surface area contributed by atoms with E-state index in [1.807, 2.05) is 20.8 Å². The van der Waals surface area contributed by atoms with Crippen LogP contribution >= 0.6 is 11.6 Å². The fourth-order valence-corrected chi connectivity index (χ4v) is 1.68. The van der Waals surface area contributed by atoms with Crippen molar-refractivity contribution < 1.29 is 9.59 Å². The molecule has 0 spiro atoms. The third-order valence-corrected chi connectivity index (χ3v) is 2.73. The van der Waals surface area contributed by atoms with E-state index in [-0.39, 0.29) is 29.6 Å². The Bertz CT molecular complexity index is 512. The summed E-state index contributed by atoms with van der Waals surface area (Å²) in [6.45, 7) is 6.52. The number of hydrogen-bond donors (Lipinski definition) is 3. The minimum atomic E-state index is -0.624. The number of nitrogens with zero attached hydrogens (tertiary/aromatic N) is 1. The van der Waals surface area contributed by atoms with E-state index >= 15 is 0 Å². The van der Waals surface area contributed by atoms with Gasteiger partial charge in [-0.25, -0.2) is 9.78 Å². The Kier molecular flexibility index (Phi) is 5.33. The number of hydrogen-bond acceptors (Lipinski definition) is 3. The predicted molar refractivity (Wildman–Crippen MR) is 77.9 cm³/mol. The lowest BCUT2D eigenvalue weighted by atomic mass is 9.91. The van der Waals surface area contributed by atoms with Crippen molar-refractivity contribution in [3.8, 4) is 0 Å². The monoisotopic (exact) mass is 298 g/mol. The van der Waals surface area contributed by atoms with Gasteiger partial charge >= 0.3 is 6.03 Å². The number of carbonyl (C=O) groups excluding carboxylic acids is 2. The average Bonchev–Trinajstić information content (AvgIpc) is 2.32. The maximum atomic E-state index is 12.0. The smallest absolute Gasteiger partial charge is 0.312 e. The van der Waals surface area contributed by atoms with Crippen LogP contribution in [0.15, 0.2) is 12.1 Å². The number of primary amides is 1. The summed E-state index contributed by atoms with van der Waals surface area (Å²) in [6.07, 6.45) is 0. The Hall–Kier alpha value is -1.82. The van der Waals surface area contributed by atoms with Crippen molar-refractivity contribution in [2.24, 2.45) is 5.73 Å². The predicted octanol–water partition coefficient (Wildman–Crippen LogP) is 1.43. The molecule has 4 N–H and O–H groups in total. The quantitative estimate of drug-likeness (QED) is 0.579. The van der Waals surface area contributed by atoms with Crippen LogP contribution in [0.25, 0.3) is 0 Å². The zero-order valence-electron chi connectivity index (χ0n) is 11.8. The maximum Gasteiger partial charge on any atom is 0.312 e. The van der Waals surface area contributed by atoms with Crippen molar-refractivity contribution in [3.05, 3.63) is 28.5 Å². The lowest BCUT2D eigenvalue weighted by Crippen LogP contribution is -2.37. The van der Waals surface area contributed by atoms with E-state index in [0.29, 0.717) is 5.56 Å². The standard InChI is InChI=1S/C13H19ClN4O2/c1-13(2,3)9-6-8(7-10(14)18-9)11(19)16-4-5-17-12(15)20/h6-7H,4-5H2,1-3H3,(H,16,19)(H3,15,17,20). The molecular formula is C13H19ClN4O2. The second-order valence-electron chi connectivity index (χ2n) is 5.36. The maximum absolute atomic E-state index is 12.0. The van der Waals surface area contributed by atoms with E-state index in [1.54, 1.807) is 6.07 Å². The number of nitrogens with one attached hydrogen (secondary N) is 2. The molecule has 0 fully saturated rings. The van der Waals surface area contributed by atoms with Gasteiger partial charge in [0.2, 0.25) is 0 Å². The minimum Gasteiger partial charge on any atom is -0.352 e. The van der Waals surface area contributed by atoms with E-state index in [0.717, 1.165) is 5.69 Å².